The summed E-state index contributed by atoms with van der Waals surface area (Å²) < 4.78 is 48.9. The van der Waals surface area contributed by atoms with E-state index in [-0.39, 0.29) is 61.8 Å². The van der Waals surface area contributed by atoms with E-state index >= 15 is 0 Å². The SMILES string of the molecule is Cc1c(C)c(S(=O)(=O)NC(=NCCC[C@H](NC(=O)CN2CCN(CC(=O)OC(C)(C)C)CCN(CC(N)=O)CCN(CC(=O)OC(C)(C)C)CC2)C(=O)N(C)CCCCC(=O)NCC2CCCCC2)N(C)C)c(C)c2c1OC(C)(C)C2. The zero-order chi connectivity index (χ0) is 60.5. The summed E-state index contributed by atoms with van der Waals surface area (Å²) in [6.45, 7) is 23.9. The molecule has 4 amide bonds. The van der Waals surface area contributed by atoms with Gasteiger partial charge in [-0.2, -0.15) is 0 Å². The van der Waals surface area contributed by atoms with Crippen molar-refractivity contribution < 1.29 is 51.4 Å². The molecule has 1 saturated heterocycles. The maximum Gasteiger partial charge on any atom is 0.320 e. The lowest BCUT2D eigenvalue weighted by Crippen LogP contribution is -2.52. The third-order valence-electron chi connectivity index (χ3n) is 14.8. The van der Waals surface area contributed by atoms with Gasteiger partial charge in [0.25, 0.3) is 10.0 Å². The Morgan fingerprint density at radius 2 is 1.25 bits per heavy atom. The molecule has 1 aliphatic carbocycles. The first-order chi connectivity index (χ1) is 37.7. The molecule has 23 heteroatoms. The zero-order valence-corrected chi connectivity index (χ0v) is 52.5. The van der Waals surface area contributed by atoms with Crippen molar-refractivity contribution in [2.75, 3.05) is 119 Å². The van der Waals surface area contributed by atoms with E-state index in [0.29, 0.717) is 115 Å². The third-order valence-corrected chi connectivity index (χ3v) is 16.4. The Morgan fingerprint density at radius 1 is 0.728 bits per heavy atom. The number of nitrogens with zero attached hydrogens (tertiary/aromatic N) is 7. The number of fused-ring (bicyclic) bond motifs is 1. The van der Waals surface area contributed by atoms with Gasteiger partial charge in [0.2, 0.25) is 29.6 Å². The number of unbranched alkanes of at least 4 members (excludes halogenated alkanes) is 1. The van der Waals surface area contributed by atoms with Crippen molar-refractivity contribution in [3.63, 3.8) is 0 Å². The minimum absolute atomic E-state index is 0.00127. The van der Waals surface area contributed by atoms with Crippen molar-refractivity contribution in [2.45, 2.75) is 175 Å². The molecule has 3 aliphatic rings. The molecule has 4 rings (SSSR count). The number of nitrogens with two attached hydrogens (primary N) is 1. The fraction of sp³-hybridized carbons (Fsp3) is 0.776. The number of aliphatic imine (C=N–C) groups is 1. The van der Waals surface area contributed by atoms with Gasteiger partial charge in [-0.25, -0.2) is 13.1 Å². The van der Waals surface area contributed by atoms with Gasteiger partial charge in [-0.05, 0) is 137 Å². The van der Waals surface area contributed by atoms with Crippen molar-refractivity contribution in [3.05, 3.63) is 22.3 Å². The fourth-order valence-electron chi connectivity index (χ4n) is 10.6. The van der Waals surface area contributed by atoms with Crippen LogP contribution in [0.25, 0.3) is 0 Å². The number of hydrogen-bond acceptors (Lipinski definition) is 16. The molecule has 0 radical (unpaired) electrons. The number of nitrogens with one attached hydrogen (secondary N) is 3. The van der Waals surface area contributed by atoms with Crippen LogP contribution in [0, 0.1) is 26.7 Å². The number of esters is 2. The number of primary amides is 1. The summed E-state index contributed by atoms with van der Waals surface area (Å²) in [4.78, 5) is 95.9. The molecule has 0 aromatic heterocycles. The van der Waals surface area contributed by atoms with Gasteiger partial charge < -0.3 is 40.4 Å². The average molecular weight is 1160 g/mol. The highest BCUT2D eigenvalue weighted by Crippen LogP contribution is 2.43. The Bertz CT molecular complexity index is 2400. The summed E-state index contributed by atoms with van der Waals surface area (Å²) in [6.07, 6.45) is 8.43. The van der Waals surface area contributed by atoms with Crippen molar-refractivity contribution in [1.29, 1.82) is 0 Å². The second-order valence-corrected chi connectivity index (χ2v) is 26.9. The van der Waals surface area contributed by atoms with Crippen LogP contribution >= 0.6 is 0 Å². The predicted octanol–water partition coefficient (Wildman–Crippen LogP) is 3.50. The molecule has 2 aliphatic heterocycles. The van der Waals surface area contributed by atoms with Crippen LogP contribution in [0.1, 0.15) is 142 Å². The second kappa shape index (κ2) is 31.0. The van der Waals surface area contributed by atoms with Crippen molar-refractivity contribution in [1.82, 2.24) is 44.8 Å². The van der Waals surface area contributed by atoms with Gasteiger partial charge >= 0.3 is 11.9 Å². The largest absolute Gasteiger partial charge is 0.487 e. The quantitative estimate of drug-likeness (QED) is 0.0529. The van der Waals surface area contributed by atoms with Gasteiger partial charge in [-0.1, -0.05) is 19.3 Å². The molecule has 1 saturated carbocycles. The maximum absolute atomic E-state index is 14.4. The number of guanidine groups is 1. The lowest BCUT2D eigenvalue weighted by Gasteiger charge is -2.34. The maximum atomic E-state index is 14.4. The first-order valence-corrected chi connectivity index (χ1v) is 30.7. The minimum Gasteiger partial charge on any atom is -0.487 e. The Morgan fingerprint density at radius 3 is 1.75 bits per heavy atom. The van der Waals surface area contributed by atoms with E-state index in [2.05, 4.69) is 20.3 Å². The molecule has 2 heterocycles. The van der Waals surface area contributed by atoms with Crippen LogP contribution in [0.2, 0.25) is 0 Å². The molecular weight excluding hydrogens is 1060 g/mol. The third kappa shape index (κ3) is 24.0. The lowest BCUT2D eigenvalue weighted by atomic mass is 9.89. The molecule has 22 nitrogen and oxygen atoms in total. The second-order valence-electron chi connectivity index (χ2n) is 25.3. The molecule has 0 unspecified atom stereocenters. The van der Waals surface area contributed by atoms with Crippen molar-refractivity contribution in [2.24, 2.45) is 16.6 Å². The summed E-state index contributed by atoms with van der Waals surface area (Å²) in [5.41, 5.74) is 6.59. The number of sulfonamides is 1. The van der Waals surface area contributed by atoms with E-state index in [1.165, 1.54) is 19.3 Å². The lowest BCUT2D eigenvalue weighted by molar-refractivity contribution is -0.157. The van der Waals surface area contributed by atoms with E-state index in [0.717, 1.165) is 29.7 Å². The summed E-state index contributed by atoms with van der Waals surface area (Å²) in [5, 5.41) is 6.12. The molecule has 2 fully saturated rings. The normalized spacial score (nSPS) is 18.1. The Kier molecular flexibility index (Phi) is 26.2. The van der Waals surface area contributed by atoms with E-state index in [4.69, 9.17) is 19.9 Å². The van der Waals surface area contributed by atoms with Gasteiger partial charge in [0.05, 0.1) is 31.1 Å². The summed E-state index contributed by atoms with van der Waals surface area (Å²) in [5.74, 6) is -0.765. The number of hydrogen-bond donors (Lipinski definition) is 4. The van der Waals surface area contributed by atoms with E-state index in [1.807, 2.05) is 40.4 Å². The first-order valence-electron chi connectivity index (χ1n) is 29.2. The number of ether oxygens (including phenoxy) is 3. The number of amides is 4. The van der Waals surface area contributed by atoms with Crippen LogP contribution in [0.3, 0.4) is 0 Å². The van der Waals surface area contributed by atoms with Gasteiger partial charge in [-0.15, -0.1) is 0 Å². The summed E-state index contributed by atoms with van der Waals surface area (Å²) in [6, 6.07) is -0.988. The molecule has 81 heavy (non-hydrogen) atoms. The van der Waals surface area contributed by atoms with Crippen molar-refractivity contribution >= 4 is 51.6 Å². The number of benzene rings is 1. The zero-order valence-electron chi connectivity index (χ0n) is 51.6. The molecule has 0 bridgehead atoms. The van der Waals surface area contributed by atoms with E-state index in [9.17, 15) is 37.2 Å². The van der Waals surface area contributed by atoms with Crippen LogP contribution in [-0.2, 0) is 54.7 Å². The van der Waals surface area contributed by atoms with Gasteiger partial charge in [-0.3, -0.25) is 53.4 Å². The monoisotopic (exact) mass is 1160 g/mol. The first kappa shape index (κ1) is 68.4. The van der Waals surface area contributed by atoms with Crippen LogP contribution in [0.4, 0.5) is 0 Å². The molecular formula is C58H101N11O11S. The van der Waals surface area contributed by atoms with Crippen LogP contribution in [0.15, 0.2) is 9.89 Å². The molecule has 1 aromatic rings. The number of carbonyl (C=O) groups is 6. The molecule has 460 valence electrons. The number of rotatable bonds is 23. The summed E-state index contributed by atoms with van der Waals surface area (Å²) >= 11 is 0. The highest BCUT2D eigenvalue weighted by molar-refractivity contribution is 7.90. The Balaban J connectivity index is 1.56. The molecule has 1 aromatic carbocycles. The van der Waals surface area contributed by atoms with E-state index in [1.54, 1.807) is 86.3 Å². The average Bonchev–Trinajstić information content (AvgIpc) is 3.97. The van der Waals surface area contributed by atoms with Gasteiger partial charge in [0.1, 0.15) is 28.6 Å². The smallest absolute Gasteiger partial charge is 0.320 e. The molecule has 1 atom stereocenters. The molecule has 0 spiro atoms. The number of likely N-dealkylation sites (N-methyl/N-ethyl adjacent to an activating group) is 1. The minimum atomic E-state index is -4.13. The fourth-order valence-corrected chi connectivity index (χ4v) is 12.2. The standard InChI is InChI=1S/C58H101N11O11S/c1-41-42(2)53(43(3)45-35-58(10,11)80-52(41)45)81(76,77)63-55(64(12)13)60-25-20-23-46(54(75)65(14)26-19-18-24-48(71)61-36-44-21-16-15-17-22-44)62-49(72)38-67-29-33-68(39-50(73)78-56(4,5)6)31-27-66(37-47(59)70)28-32-69(34-30-67)40-51(74)79-57(7,8)9/h44,46H,15-40H2,1-14H3,(H2,59,70)(H,60,63)(H,61,71)(H,62,72)/t46-/m0/s1. The van der Waals surface area contributed by atoms with Crippen LogP contribution < -0.4 is 25.8 Å². The van der Waals surface area contributed by atoms with Crippen LogP contribution in [-0.4, -0.2) is 222 Å². The van der Waals surface area contributed by atoms with Crippen LogP contribution in [0.5, 0.6) is 5.75 Å². The van der Waals surface area contributed by atoms with Gasteiger partial charge in [0, 0.05) is 112 Å². The highest BCUT2D eigenvalue weighted by atomic mass is 32.2. The highest BCUT2D eigenvalue weighted by Gasteiger charge is 2.37. The number of carbonyl (C=O) groups excluding carboxylic acids is 6. The Hall–Kier alpha value is -5.10. The molecule has 5 N–H and O–H groups in total. The van der Waals surface area contributed by atoms with Crippen molar-refractivity contribution in [3.8, 4) is 5.75 Å². The van der Waals surface area contributed by atoms with Gasteiger partial charge in [0.15, 0.2) is 0 Å². The topological polar surface area (TPSA) is 258 Å². The summed E-state index contributed by atoms with van der Waals surface area (Å²) in [7, 11) is 0.932. The predicted molar refractivity (Wildman–Crippen MR) is 314 cm³/mol. The Labute approximate surface area is 484 Å². The van der Waals surface area contributed by atoms with E-state index < -0.39 is 56.6 Å².